The van der Waals surface area contributed by atoms with Crippen molar-refractivity contribution in [1.29, 1.82) is 0 Å². The molecular weight excluding hydrogens is 410 g/mol. The van der Waals surface area contributed by atoms with Crippen LogP contribution in [0.5, 0.6) is 5.88 Å². The standard InChI is InChI=1S/C16H14F6N4O3/c1-26-7-11(14(25-26)29-2)13(28)23-6-12(27)24-10-4-8(15(17,18)19)3-9(5-10)16(20,21)22/h3-5,7H,6H2,1-2H3,(H,23,28)(H,24,27). The maximum absolute atomic E-state index is 12.8. The van der Waals surface area contributed by atoms with E-state index in [2.05, 4.69) is 10.4 Å². The van der Waals surface area contributed by atoms with Gasteiger partial charge in [0.1, 0.15) is 5.56 Å². The minimum absolute atomic E-state index is 0.0128. The van der Waals surface area contributed by atoms with Crippen LogP contribution < -0.4 is 15.4 Å². The number of rotatable bonds is 5. The number of anilines is 1. The van der Waals surface area contributed by atoms with E-state index in [9.17, 15) is 35.9 Å². The van der Waals surface area contributed by atoms with Crippen molar-refractivity contribution in [3.8, 4) is 5.88 Å². The highest BCUT2D eigenvalue weighted by atomic mass is 19.4. The summed E-state index contributed by atoms with van der Waals surface area (Å²) in [6.45, 7) is -0.714. The summed E-state index contributed by atoms with van der Waals surface area (Å²) in [6, 6.07) is 0.657. The van der Waals surface area contributed by atoms with Gasteiger partial charge in [-0.3, -0.25) is 14.3 Å². The van der Waals surface area contributed by atoms with Crippen LogP contribution in [0.15, 0.2) is 24.4 Å². The van der Waals surface area contributed by atoms with Crippen LogP contribution in [-0.2, 0) is 24.2 Å². The molecule has 2 amide bonds. The Labute approximate surface area is 159 Å². The van der Waals surface area contributed by atoms with E-state index >= 15 is 0 Å². The number of aryl methyl sites for hydroxylation is 1. The molecule has 0 aliphatic rings. The van der Waals surface area contributed by atoms with E-state index in [-0.39, 0.29) is 17.5 Å². The predicted molar refractivity (Wildman–Crippen MR) is 87.2 cm³/mol. The Morgan fingerprint density at radius 2 is 1.62 bits per heavy atom. The van der Waals surface area contributed by atoms with Gasteiger partial charge in [-0.1, -0.05) is 0 Å². The molecule has 0 bridgehead atoms. The van der Waals surface area contributed by atoms with Gasteiger partial charge in [0.25, 0.3) is 5.91 Å². The Morgan fingerprint density at radius 1 is 1.07 bits per heavy atom. The van der Waals surface area contributed by atoms with E-state index in [1.807, 2.05) is 5.32 Å². The van der Waals surface area contributed by atoms with Gasteiger partial charge in [0.15, 0.2) is 0 Å². The fourth-order valence-corrected chi connectivity index (χ4v) is 2.26. The minimum atomic E-state index is -5.05. The molecule has 0 aliphatic heterocycles. The van der Waals surface area contributed by atoms with Crippen molar-refractivity contribution in [2.45, 2.75) is 12.4 Å². The molecule has 7 nitrogen and oxygen atoms in total. The molecule has 13 heteroatoms. The summed E-state index contributed by atoms with van der Waals surface area (Å²) >= 11 is 0. The normalized spacial score (nSPS) is 11.9. The van der Waals surface area contributed by atoms with Crippen molar-refractivity contribution in [3.05, 3.63) is 41.1 Å². The summed E-state index contributed by atoms with van der Waals surface area (Å²) in [7, 11) is 2.77. The van der Waals surface area contributed by atoms with Gasteiger partial charge in [-0.2, -0.15) is 26.3 Å². The highest BCUT2D eigenvalue weighted by molar-refractivity contribution is 6.00. The first kappa shape index (κ1) is 22.0. The number of carbonyl (C=O) groups is 2. The van der Waals surface area contributed by atoms with E-state index in [1.54, 1.807) is 0 Å². The first-order chi connectivity index (χ1) is 13.3. The van der Waals surface area contributed by atoms with Crippen molar-refractivity contribution < 1.29 is 40.7 Å². The number of alkyl halides is 6. The van der Waals surface area contributed by atoms with Crippen LogP contribution in [-0.4, -0.2) is 35.2 Å². The molecule has 0 unspecified atom stereocenters. The largest absolute Gasteiger partial charge is 0.479 e. The fraction of sp³-hybridized carbons (Fsp3) is 0.312. The predicted octanol–water partition coefficient (Wildman–Crippen LogP) is 2.83. The molecule has 0 fully saturated rings. The molecule has 0 aliphatic carbocycles. The second kappa shape index (κ2) is 8.01. The van der Waals surface area contributed by atoms with Crippen LogP contribution in [0.2, 0.25) is 0 Å². The third-order valence-corrected chi connectivity index (χ3v) is 3.51. The van der Waals surface area contributed by atoms with Crippen LogP contribution in [0, 0.1) is 0 Å². The second-order valence-corrected chi connectivity index (χ2v) is 5.75. The highest BCUT2D eigenvalue weighted by Crippen LogP contribution is 2.37. The van der Waals surface area contributed by atoms with Gasteiger partial charge in [0.2, 0.25) is 11.8 Å². The van der Waals surface area contributed by atoms with Gasteiger partial charge in [0, 0.05) is 18.9 Å². The quantitative estimate of drug-likeness (QED) is 0.723. The number of halogens is 6. The van der Waals surface area contributed by atoms with Crippen LogP contribution in [0.4, 0.5) is 32.0 Å². The van der Waals surface area contributed by atoms with Crippen LogP contribution in [0.3, 0.4) is 0 Å². The number of hydrogen-bond donors (Lipinski definition) is 2. The summed E-state index contributed by atoms with van der Waals surface area (Å²) in [5, 5.41) is 7.90. The molecular formula is C16H14F6N4O3. The highest BCUT2D eigenvalue weighted by Gasteiger charge is 2.37. The molecule has 0 saturated carbocycles. The van der Waals surface area contributed by atoms with Gasteiger partial charge < -0.3 is 15.4 Å². The number of amides is 2. The average molecular weight is 424 g/mol. The number of hydrogen-bond acceptors (Lipinski definition) is 4. The number of aromatic nitrogens is 2. The Kier molecular flexibility index (Phi) is 6.09. The SMILES string of the molecule is COc1nn(C)cc1C(=O)NCC(=O)Nc1cc(C(F)(F)F)cc(C(F)(F)F)c1. The van der Waals surface area contributed by atoms with Gasteiger partial charge in [-0.05, 0) is 18.2 Å². The summed E-state index contributed by atoms with van der Waals surface area (Å²) < 4.78 is 83.1. The molecule has 1 heterocycles. The third-order valence-electron chi connectivity index (χ3n) is 3.51. The molecule has 2 aromatic rings. The van der Waals surface area contributed by atoms with Crippen molar-refractivity contribution >= 4 is 17.5 Å². The number of ether oxygens (including phenoxy) is 1. The lowest BCUT2D eigenvalue weighted by Gasteiger charge is -2.15. The molecule has 158 valence electrons. The zero-order valence-electron chi connectivity index (χ0n) is 14.9. The zero-order chi connectivity index (χ0) is 22.0. The molecule has 2 N–H and O–H groups in total. The molecule has 0 atom stereocenters. The van der Waals surface area contributed by atoms with Gasteiger partial charge >= 0.3 is 12.4 Å². The van der Waals surface area contributed by atoms with E-state index in [4.69, 9.17) is 4.74 Å². The molecule has 2 rings (SSSR count). The summed E-state index contributed by atoms with van der Waals surface area (Å²) in [4.78, 5) is 23.9. The lowest BCUT2D eigenvalue weighted by molar-refractivity contribution is -0.143. The average Bonchev–Trinajstić information content (AvgIpc) is 2.99. The summed E-state index contributed by atoms with van der Waals surface area (Å²) in [5.41, 5.74) is -3.88. The first-order valence-electron chi connectivity index (χ1n) is 7.76. The molecule has 29 heavy (non-hydrogen) atoms. The Hall–Kier alpha value is -3.25. The minimum Gasteiger partial charge on any atom is -0.479 e. The molecule has 1 aromatic carbocycles. The van der Waals surface area contributed by atoms with E-state index in [0.29, 0.717) is 12.1 Å². The van der Waals surface area contributed by atoms with Crippen molar-refractivity contribution in [2.75, 3.05) is 19.0 Å². The Balaban J connectivity index is 2.13. The van der Waals surface area contributed by atoms with Crippen LogP contribution >= 0.6 is 0 Å². The maximum Gasteiger partial charge on any atom is 0.416 e. The van der Waals surface area contributed by atoms with Crippen LogP contribution in [0.1, 0.15) is 21.5 Å². The zero-order valence-corrected chi connectivity index (χ0v) is 14.9. The van der Waals surface area contributed by atoms with Crippen molar-refractivity contribution in [1.82, 2.24) is 15.1 Å². The summed E-state index contributed by atoms with van der Waals surface area (Å²) in [6.07, 6.45) is -8.80. The van der Waals surface area contributed by atoms with Crippen molar-refractivity contribution in [2.24, 2.45) is 7.05 Å². The molecule has 0 spiro atoms. The topological polar surface area (TPSA) is 85.2 Å². The van der Waals surface area contributed by atoms with Crippen molar-refractivity contribution in [3.63, 3.8) is 0 Å². The lowest BCUT2D eigenvalue weighted by Crippen LogP contribution is -2.33. The van der Waals surface area contributed by atoms with E-state index in [0.717, 1.165) is 0 Å². The fourth-order valence-electron chi connectivity index (χ4n) is 2.26. The summed E-state index contributed by atoms with van der Waals surface area (Å²) in [5.74, 6) is -1.84. The van der Waals surface area contributed by atoms with Gasteiger partial charge in [-0.25, -0.2) is 0 Å². The molecule has 0 radical (unpaired) electrons. The van der Waals surface area contributed by atoms with E-state index in [1.165, 1.54) is 25.0 Å². The second-order valence-electron chi connectivity index (χ2n) is 5.75. The molecule has 0 saturated heterocycles. The first-order valence-corrected chi connectivity index (χ1v) is 7.76. The Bertz CT molecular complexity index is 888. The number of methoxy groups -OCH3 is 1. The monoisotopic (exact) mass is 424 g/mol. The smallest absolute Gasteiger partial charge is 0.416 e. The number of carbonyl (C=O) groups excluding carboxylic acids is 2. The molecule has 1 aromatic heterocycles. The Morgan fingerprint density at radius 3 is 2.10 bits per heavy atom. The maximum atomic E-state index is 12.8. The van der Waals surface area contributed by atoms with Gasteiger partial charge in [-0.15, -0.1) is 5.10 Å². The van der Waals surface area contributed by atoms with E-state index < -0.39 is 47.5 Å². The number of nitrogens with one attached hydrogen (secondary N) is 2. The number of benzene rings is 1. The lowest BCUT2D eigenvalue weighted by atomic mass is 10.1. The van der Waals surface area contributed by atoms with Crippen LogP contribution in [0.25, 0.3) is 0 Å². The van der Waals surface area contributed by atoms with Gasteiger partial charge in [0.05, 0.1) is 24.8 Å². The third kappa shape index (κ3) is 5.62. The number of nitrogens with zero attached hydrogens (tertiary/aromatic N) is 2.